The number of amides is 2. The van der Waals surface area contributed by atoms with Crippen molar-refractivity contribution < 1.29 is 18.9 Å². The van der Waals surface area contributed by atoms with Crippen molar-refractivity contribution >= 4 is 58.2 Å². The third-order valence-corrected chi connectivity index (χ3v) is 4.21. The molecular formula is C17H9ClFN3O4S. The van der Waals surface area contributed by atoms with E-state index in [-0.39, 0.29) is 16.4 Å². The van der Waals surface area contributed by atoms with Crippen LogP contribution in [0.3, 0.4) is 0 Å². The van der Waals surface area contributed by atoms with Gasteiger partial charge in [-0.15, -0.1) is 0 Å². The van der Waals surface area contributed by atoms with Crippen molar-refractivity contribution in [2.75, 3.05) is 4.90 Å². The highest BCUT2D eigenvalue weighted by Crippen LogP contribution is 2.25. The average molecular weight is 406 g/mol. The first-order valence-corrected chi connectivity index (χ1v) is 8.17. The maximum absolute atomic E-state index is 14.0. The minimum Gasteiger partial charge on any atom is -0.298 e. The van der Waals surface area contributed by atoms with Crippen molar-refractivity contribution in [1.82, 2.24) is 5.32 Å². The van der Waals surface area contributed by atoms with E-state index in [1.54, 1.807) is 0 Å². The van der Waals surface area contributed by atoms with Gasteiger partial charge in [-0.05, 0) is 48.6 Å². The predicted molar refractivity (Wildman–Crippen MR) is 101 cm³/mol. The molecule has 10 heteroatoms. The summed E-state index contributed by atoms with van der Waals surface area (Å²) in [6.07, 6.45) is 0.949. The highest BCUT2D eigenvalue weighted by atomic mass is 35.5. The van der Waals surface area contributed by atoms with Crippen LogP contribution in [0.25, 0.3) is 6.08 Å². The van der Waals surface area contributed by atoms with Crippen LogP contribution in [0.1, 0.15) is 5.56 Å². The molecule has 27 heavy (non-hydrogen) atoms. The Balaban J connectivity index is 2.06. The van der Waals surface area contributed by atoms with Gasteiger partial charge in [-0.2, -0.15) is 0 Å². The zero-order chi connectivity index (χ0) is 19.7. The van der Waals surface area contributed by atoms with Crippen molar-refractivity contribution in [1.29, 1.82) is 0 Å². The second-order valence-electron chi connectivity index (χ2n) is 5.40. The number of nitrogens with zero attached hydrogens (tertiary/aromatic N) is 2. The van der Waals surface area contributed by atoms with Gasteiger partial charge in [0.1, 0.15) is 11.4 Å². The molecule has 0 saturated carbocycles. The van der Waals surface area contributed by atoms with Gasteiger partial charge in [-0.3, -0.25) is 29.9 Å². The zero-order valence-electron chi connectivity index (χ0n) is 13.3. The van der Waals surface area contributed by atoms with Crippen LogP contribution in [-0.4, -0.2) is 21.9 Å². The summed E-state index contributed by atoms with van der Waals surface area (Å²) in [5, 5.41) is 13.5. The molecule has 1 saturated heterocycles. The molecule has 1 aliphatic heterocycles. The normalized spacial score (nSPS) is 15.9. The molecule has 3 rings (SSSR count). The lowest BCUT2D eigenvalue weighted by Gasteiger charge is -2.28. The Morgan fingerprint density at radius 2 is 1.85 bits per heavy atom. The minimum atomic E-state index is -0.832. The first kappa shape index (κ1) is 18.6. The number of non-ortho nitro benzene ring substituents is 1. The average Bonchev–Trinajstić information content (AvgIpc) is 2.61. The molecule has 0 spiro atoms. The van der Waals surface area contributed by atoms with Gasteiger partial charge < -0.3 is 0 Å². The highest BCUT2D eigenvalue weighted by Gasteiger charge is 2.34. The summed E-state index contributed by atoms with van der Waals surface area (Å²) in [7, 11) is 0. The van der Waals surface area contributed by atoms with Crippen LogP contribution in [0.4, 0.5) is 15.8 Å². The van der Waals surface area contributed by atoms with Gasteiger partial charge in [0.2, 0.25) is 0 Å². The summed E-state index contributed by atoms with van der Waals surface area (Å²) in [5.41, 5.74) is -0.721. The van der Waals surface area contributed by atoms with Crippen LogP contribution in [-0.2, 0) is 9.59 Å². The van der Waals surface area contributed by atoms with E-state index < -0.39 is 28.1 Å². The number of carbonyl (C=O) groups excluding carboxylic acids is 2. The monoisotopic (exact) mass is 405 g/mol. The van der Waals surface area contributed by atoms with Crippen LogP contribution >= 0.6 is 23.8 Å². The van der Waals surface area contributed by atoms with Gasteiger partial charge in [0.25, 0.3) is 17.5 Å². The standard InChI is InChI=1S/C17H9ClFN3O4S/c18-10-1-3-11(4-2-10)21-16(24)13(15(23)20-17(21)27)8-9-7-12(22(25)26)5-6-14(9)19/h1-8H,(H,20,23,27)/b13-8+. The van der Waals surface area contributed by atoms with Gasteiger partial charge in [0.05, 0.1) is 10.6 Å². The van der Waals surface area contributed by atoms with Crippen LogP contribution in [0.5, 0.6) is 0 Å². The summed E-state index contributed by atoms with van der Waals surface area (Å²) in [6.45, 7) is 0. The van der Waals surface area contributed by atoms with Crippen molar-refractivity contribution in [2.24, 2.45) is 0 Å². The van der Waals surface area contributed by atoms with Crippen molar-refractivity contribution in [3.8, 4) is 0 Å². The fourth-order valence-corrected chi connectivity index (χ4v) is 2.80. The summed E-state index contributed by atoms with van der Waals surface area (Å²) >= 11 is 10.9. The molecule has 1 N–H and O–H groups in total. The lowest BCUT2D eigenvalue weighted by molar-refractivity contribution is -0.384. The zero-order valence-corrected chi connectivity index (χ0v) is 14.9. The molecule has 2 aromatic rings. The second kappa shape index (κ2) is 7.22. The Bertz CT molecular complexity index is 1020. The molecule has 1 fully saturated rings. The molecular weight excluding hydrogens is 397 g/mol. The van der Waals surface area contributed by atoms with E-state index in [0.29, 0.717) is 10.7 Å². The Morgan fingerprint density at radius 3 is 2.48 bits per heavy atom. The van der Waals surface area contributed by atoms with Gasteiger partial charge in [-0.1, -0.05) is 11.6 Å². The topological polar surface area (TPSA) is 92.6 Å². The first-order valence-electron chi connectivity index (χ1n) is 7.39. The molecule has 2 amide bonds. The van der Waals surface area contributed by atoms with Crippen molar-refractivity contribution in [3.63, 3.8) is 0 Å². The maximum atomic E-state index is 14.0. The molecule has 136 valence electrons. The molecule has 1 heterocycles. The number of carbonyl (C=O) groups is 2. The number of rotatable bonds is 3. The number of nitrogens with one attached hydrogen (secondary N) is 1. The minimum absolute atomic E-state index is 0.149. The van der Waals surface area contributed by atoms with Crippen LogP contribution in [0, 0.1) is 15.9 Å². The fraction of sp³-hybridized carbons (Fsp3) is 0. The van der Waals surface area contributed by atoms with E-state index in [2.05, 4.69) is 5.32 Å². The molecule has 0 atom stereocenters. The molecule has 1 aliphatic rings. The van der Waals surface area contributed by atoms with Crippen LogP contribution in [0.2, 0.25) is 5.02 Å². The van der Waals surface area contributed by atoms with Crippen LogP contribution < -0.4 is 10.2 Å². The molecule has 0 aromatic heterocycles. The summed E-state index contributed by atoms with van der Waals surface area (Å²) in [5.74, 6) is -2.45. The number of halogens is 2. The third kappa shape index (κ3) is 3.69. The maximum Gasteiger partial charge on any atom is 0.270 e. The molecule has 0 unspecified atom stereocenters. The summed E-state index contributed by atoms with van der Waals surface area (Å²) in [6, 6.07) is 8.92. The molecule has 7 nitrogen and oxygen atoms in total. The molecule has 0 aliphatic carbocycles. The number of nitro benzene ring substituents is 1. The van der Waals surface area contributed by atoms with Gasteiger partial charge >= 0.3 is 0 Å². The summed E-state index contributed by atoms with van der Waals surface area (Å²) in [4.78, 5) is 36.2. The number of thiocarbonyl (C=S) groups is 1. The van der Waals surface area contributed by atoms with E-state index in [1.807, 2.05) is 0 Å². The van der Waals surface area contributed by atoms with Gasteiger partial charge in [-0.25, -0.2) is 4.39 Å². The quantitative estimate of drug-likeness (QED) is 0.278. The first-order chi connectivity index (χ1) is 12.8. The smallest absolute Gasteiger partial charge is 0.270 e. The predicted octanol–water partition coefficient (Wildman–Crippen LogP) is 3.22. The lowest BCUT2D eigenvalue weighted by Crippen LogP contribution is -2.54. The third-order valence-electron chi connectivity index (χ3n) is 3.68. The molecule has 0 bridgehead atoms. The van der Waals surface area contributed by atoms with E-state index in [0.717, 1.165) is 29.2 Å². The van der Waals surface area contributed by atoms with Crippen LogP contribution in [0.15, 0.2) is 48.0 Å². The van der Waals surface area contributed by atoms with Crippen molar-refractivity contribution in [2.45, 2.75) is 0 Å². The Morgan fingerprint density at radius 1 is 1.19 bits per heavy atom. The second-order valence-corrected chi connectivity index (χ2v) is 6.22. The van der Waals surface area contributed by atoms with E-state index in [9.17, 15) is 24.1 Å². The Hall–Kier alpha value is -3.17. The van der Waals surface area contributed by atoms with Crippen molar-refractivity contribution in [3.05, 3.63) is 74.6 Å². The number of nitro groups is 1. The van der Waals surface area contributed by atoms with Gasteiger partial charge in [0.15, 0.2) is 5.11 Å². The number of hydrogen-bond acceptors (Lipinski definition) is 5. The Kier molecular flexibility index (Phi) is 4.98. The van der Waals surface area contributed by atoms with E-state index in [1.165, 1.54) is 24.3 Å². The number of anilines is 1. The molecule has 2 aromatic carbocycles. The largest absolute Gasteiger partial charge is 0.298 e. The number of benzene rings is 2. The Labute approximate surface area is 162 Å². The fourth-order valence-electron chi connectivity index (χ4n) is 2.39. The summed E-state index contributed by atoms with van der Waals surface area (Å²) < 4.78 is 14.0. The van der Waals surface area contributed by atoms with E-state index in [4.69, 9.17) is 23.8 Å². The van der Waals surface area contributed by atoms with Gasteiger partial charge in [0, 0.05) is 22.7 Å². The SMILES string of the molecule is O=C1NC(=S)N(c2ccc(Cl)cc2)C(=O)/C1=C/c1cc([N+](=O)[O-])ccc1F. The molecule has 0 radical (unpaired) electrons. The number of hydrogen-bond donors (Lipinski definition) is 1. The van der Waals surface area contributed by atoms with E-state index >= 15 is 0 Å². The lowest BCUT2D eigenvalue weighted by atomic mass is 10.1. The highest BCUT2D eigenvalue weighted by molar-refractivity contribution is 7.80.